The summed E-state index contributed by atoms with van der Waals surface area (Å²) in [5.41, 5.74) is 5.68. The Balaban J connectivity index is 1.95. The predicted molar refractivity (Wildman–Crippen MR) is 127 cm³/mol. The lowest BCUT2D eigenvalue weighted by molar-refractivity contribution is 0.0831. The van der Waals surface area contributed by atoms with Gasteiger partial charge in [-0.2, -0.15) is 0 Å². The van der Waals surface area contributed by atoms with Gasteiger partial charge < -0.3 is 19.8 Å². The molecule has 0 radical (unpaired) electrons. The van der Waals surface area contributed by atoms with Gasteiger partial charge in [0.2, 0.25) is 0 Å². The number of allylic oxidation sites excluding steroid dienone is 1. The largest absolute Gasteiger partial charge is 0.508 e. The van der Waals surface area contributed by atoms with E-state index >= 15 is 0 Å². The van der Waals surface area contributed by atoms with E-state index in [-0.39, 0.29) is 12.4 Å². The molecule has 4 heteroatoms. The number of benzene rings is 3. The van der Waals surface area contributed by atoms with Crippen molar-refractivity contribution in [3.8, 4) is 11.5 Å². The van der Waals surface area contributed by atoms with Gasteiger partial charge in [-0.3, -0.25) is 0 Å². The van der Waals surface area contributed by atoms with Crippen LogP contribution in [0.5, 0.6) is 11.5 Å². The van der Waals surface area contributed by atoms with Crippen LogP contribution in [0.1, 0.15) is 30.0 Å². The minimum atomic E-state index is -0.535. The molecule has 3 aromatic rings. The fourth-order valence-electron chi connectivity index (χ4n) is 3.69. The lowest BCUT2D eigenvalue weighted by Gasteiger charge is -2.18. The summed E-state index contributed by atoms with van der Waals surface area (Å²) in [6.07, 6.45) is 0.335. The van der Waals surface area contributed by atoms with Gasteiger partial charge >= 0.3 is 0 Å². The number of rotatable bonds is 9. The van der Waals surface area contributed by atoms with Crippen LogP contribution >= 0.6 is 0 Å². The van der Waals surface area contributed by atoms with Crippen LogP contribution in [0.3, 0.4) is 0 Å². The Morgan fingerprint density at radius 2 is 1.42 bits per heavy atom. The standard InChI is InChI=1S/C27H31NO3/c1-4-26(20-8-6-5-7-9-20)27(21-10-14-23(29)15-11-21)22-12-16-25(17-13-22)31-19-24(30)18-28(2)3/h5-17,24,29-30H,4,18-19H2,1-3H3/b27-26+. The maximum Gasteiger partial charge on any atom is 0.119 e. The van der Waals surface area contributed by atoms with Gasteiger partial charge in [0.25, 0.3) is 0 Å². The molecule has 0 amide bonds. The molecule has 0 spiro atoms. The highest BCUT2D eigenvalue weighted by molar-refractivity contribution is 5.98. The smallest absolute Gasteiger partial charge is 0.119 e. The van der Waals surface area contributed by atoms with Gasteiger partial charge in [0, 0.05) is 6.54 Å². The first-order valence-electron chi connectivity index (χ1n) is 10.6. The maximum absolute atomic E-state index is 10.0. The SMILES string of the molecule is CC/C(=C(/c1ccc(O)cc1)c1ccc(OCC(O)CN(C)C)cc1)c1ccccc1. The Labute approximate surface area is 185 Å². The number of phenols is 1. The van der Waals surface area contributed by atoms with Crippen LogP contribution in [-0.4, -0.2) is 48.5 Å². The lowest BCUT2D eigenvalue weighted by Crippen LogP contribution is -2.30. The van der Waals surface area contributed by atoms with Crippen molar-refractivity contribution in [3.05, 3.63) is 95.6 Å². The second kappa shape index (κ2) is 10.8. The average molecular weight is 418 g/mol. The molecular weight excluding hydrogens is 386 g/mol. The van der Waals surface area contributed by atoms with E-state index in [0.717, 1.165) is 28.9 Å². The number of hydrogen-bond donors (Lipinski definition) is 2. The molecular formula is C27H31NO3. The summed E-state index contributed by atoms with van der Waals surface area (Å²) in [4.78, 5) is 1.93. The number of hydrogen-bond acceptors (Lipinski definition) is 4. The highest BCUT2D eigenvalue weighted by Crippen LogP contribution is 2.35. The number of aliphatic hydroxyl groups excluding tert-OH is 1. The van der Waals surface area contributed by atoms with E-state index < -0.39 is 6.10 Å². The zero-order valence-corrected chi connectivity index (χ0v) is 18.5. The van der Waals surface area contributed by atoms with E-state index in [1.807, 2.05) is 49.3 Å². The summed E-state index contributed by atoms with van der Waals surface area (Å²) >= 11 is 0. The van der Waals surface area contributed by atoms with Crippen molar-refractivity contribution >= 4 is 11.1 Å². The van der Waals surface area contributed by atoms with E-state index in [1.54, 1.807) is 12.1 Å². The highest BCUT2D eigenvalue weighted by Gasteiger charge is 2.14. The van der Waals surface area contributed by atoms with Crippen LogP contribution in [0.15, 0.2) is 78.9 Å². The fraction of sp³-hybridized carbons (Fsp3) is 0.259. The molecule has 0 heterocycles. The van der Waals surface area contributed by atoms with E-state index in [1.165, 1.54) is 11.1 Å². The van der Waals surface area contributed by atoms with Gasteiger partial charge in [-0.25, -0.2) is 0 Å². The molecule has 31 heavy (non-hydrogen) atoms. The van der Waals surface area contributed by atoms with Gasteiger partial charge in [-0.05, 0) is 72.6 Å². The molecule has 162 valence electrons. The van der Waals surface area contributed by atoms with Crippen LogP contribution in [0, 0.1) is 0 Å². The molecule has 0 aliphatic heterocycles. The van der Waals surface area contributed by atoms with Crippen LogP contribution in [0.2, 0.25) is 0 Å². The predicted octanol–water partition coefficient (Wildman–Crippen LogP) is 5.06. The van der Waals surface area contributed by atoms with Crippen LogP contribution in [-0.2, 0) is 0 Å². The van der Waals surface area contributed by atoms with Crippen molar-refractivity contribution in [2.24, 2.45) is 0 Å². The monoisotopic (exact) mass is 417 g/mol. The second-order valence-corrected chi connectivity index (χ2v) is 7.87. The number of likely N-dealkylation sites (N-methyl/N-ethyl adjacent to an activating group) is 1. The number of aromatic hydroxyl groups is 1. The summed E-state index contributed by atoms with van der Waals surface area (Å²) in [5.74, 6) is 0.977. The molecule has 2 N–H and O–H groups in total. The van der Waals surface area contributed by atoms with Crippen LogP contribution in [0.25, 0.3) is 11.1 Å². The molecule has 0 saturated heterocycles. The van der Waals surface area contributed by atoms with E-state index in [0.29, 0.717) is 6.54 Å². The maximum atomic E-state index is 10.0. The number of aliphatic hydroxyl groups is 1. The van der Waals surface area contributed by atoms with Gasteiger partial charge in [-0.1, -0.05) is 61.5 Å². The first-order valence-corrected chi connectivity index (χ1v) is 10.6. The summed E-state index contributed by atoms with van der Waals surface area (Å²) in [6.45, 7) is 2.97. The zero-order valence-electron chi connectivity index (χ0n) is 18.5. The number of phenolic OH excluding ortho intramolecular Hbond substituents is 1. The van der Waals surface area contributed by atoms with E-state index in [9.17, 15) is 10.2 Å². The van der Waals surface area contributed by atoms with Crippen molar-refractivity contribution in [1.29, 1.82) is 0 Å². The number of nitrogens with zero attached hydrogens (tertiary/aromatic N) is 1. The Kier molecular flexibility index (Phi) is 7.88. The Morgan fingerprint density at radius 3 is 1.97 bits per heavy atom. The normalized spacial score (nSPS) is 13.1. The quantitative estimate of drug-likeness (QED) is 0.478. The first kappa shape index (κ1) is 22.6. The van der Waals surface area contributed by atoms with E-state index in [4.69, 9.17) is 4.74 Å². The third-order valence-corrected chi connectivity index (χ3v) is 5.09. The average Bonchev–Trinajstić information content (AvgIpc) is 2.77. The Morgan fingerprint density at radius 1 is 0.839 bits per heavy atom. The van der Waals surface area contributed by atoms with Crippen molar-refractivity contribution in [1.82, 2.24) is 4.90 Å². The molecule has 3 rings (SSSR count). The molecule has 1 unspecified atom stereocenters. The minimum absolute atomic E-state index is 0.251. The summed E-state index contributed by atoms with van der Waals surface area (Å²) < 4.78 is 5.77. The van der Waals surface area contributed by atoms with Crippen molar-refractivity contribution in [2.45, 2.75) is 19.4 Å². The molecule has 0 saturated carbocycles. The Bertz CT molecular complexity index is 977. The third kappa shape index (κ3) is 6.20. The van der Waals surface area contributed by atoms with Crippen molar-refractivity contribution in [3.63, 3.8) is 0 Å². The molecule has 4 nitrogen and oxygen atoms in total. The topological polar surface area (TPSA) is 52.9 Å². The molecule has 0 aromatic heterocycles. The molecule has 0 aliphatic rings. The molecule has 0 aliphatic carbocycles. The minimum Gasteiger partial charge on any atom is -0.508 e. The summed E-state index contributed by atoms with van der Waals surface area (Å²) in [5, 5.41) is 19.8. The molecule has 0 bridgehead atoms. The lowest BCUT2D eigenvalue weighted by atomic mass is 9.88. The number of ether oxygens (including phenoxy) is 1. The van der Waals surface area contributed by atoms with Crippen LogP contribution < -0.4 is 4.74 Å². The summed E-state index contributed by atoms with van der Waals surface area (Å²) in [6, 6.07) is 25.7. The Hall–Kier alpha value is -3.08. The zero-order chi connectivity index (χ0) is 22.2. The molecule has 0 fully saturated rings. The second-order valence-electron chi connectivity index (χ2n) is 7.87. The van der Waals surface area contributed by atoms with Crippen molar-refractivity contribution < 1.29 is 14.9 Å². The van der Waals surface area contributed by atoms with Gasteiger partial charge in [0.1, 0.15) is 24.2 Å². The summed E-state index contributed by atoms with van der Waals surface area (Å²) in [7, 11) is 3.85. The van der Waals surface area contributed by atoms with Gasteiger partial charge in [-0.15, -0.1) is 0 Å². The molecule has 3 aromatic carbocycles. The van der Waals surface area contributed by atoms with Gasteiger partial charge in [0.15, 0.2) is 0 Å². The van der Waals surface area contributed by atoms with Crippen molar-refractivity contribution in [2.75, 3.05) is 27.2 Å². The van der Waals surface area contributed by atoms with Crippen LogP contribution in [0.4, 0.5) is 0 Å². The first-order chi connectivity index (χ1) is 15.0. The van der Waals surface area contributed by atoms with Gasteiger partial charge in [0.05, 0.1) is 0 Å². The molecule has 1 atom stereocenters. The highest BCUT2D eigenvalue weighted by atomic mass is 16.5. The fourth-order valence-corrected chi connectivity index (χ4v) is 3.69. The third-order valence-electron chi connectivity index (χ3n) is 5.09. The van der Waals surface area contributed by atoms with E-state index in [2.05, 4.69) is 43.3 Å².